The van der Waals surface area contributed by atoms with Crippen LogP contribution in [-0.2, 0) is 4.79 Å². The summed E-state index contributed by atoms with van der Waals surface area (Å²) >= 11 is 6.03. The van der Waals surface area contributed by atoms with Crippen LogP contribution >= 0.6 is 11.6 Å². The Labute approximate surface area is 188 Å². The molecule has 4 N–H and O–H groups in total. The lowest BCUT2D eigenvalue weighted by Crippen LogP contribution is -2.44. The van der Waals surface area contributed by atoms with Gasteiger partial charge in [0.1, 0.15) is 11.7 Å². The van der Waals surface area contributed by atoms with Gasteiger partial charge in [-0.15, -0.1) is 0 Å². The van der Waals surface area contributed by atoms with E-state index in [0.717, 1.165) is 0 Å². The Morgan fingerprint density at radius 3 is 2.34 bits per heavy atom. The van der Waals surface area contributed by atoms with Crippen molar-refractivity contribution in [2.24, 2.45) is 5.92 Å². The molecule has 1 heterocycles. The van der Waals surface area contributed by atoms with Crippen LogP contribution in [-0.4, -0.2) is 34.2 Å². The van der Waals surface area contributed by atoms with E-state index in [1.807, 2.05) is 0 Å². The Balaban J connectivity index is 1.63. The number of aromatic nitrogens is 1. The highest BCUT2D eigenvalue weighted by Crippen LogP contribution is 2.23. The Hall–Kier alpha value is -3.85. The molecule has 0 saturated carbocycles. The SMILES string of the molecule is CC(C)[C@@H](NC(=O)c1cc(-c2ccc(NC(=O)Nc3ccccc3Cl)cc2)no1)C(=O)O. The molecule has 0 unspecified atom stereocenters. The zero-order chi connectivity index (χ0) is 23.3. The summed E-state index contributed by atoms with van der Waals surface area (Å²) in [5.41, 5.74) is 2.04. The van der Waals surface area contributed by atoms with Crippen LogP contribution in [0.25, 0.3) is 11.3 Å². The van der Waals surface area contributed by atoms with Crippen LogP contribution in [0.4, 0.5) is 16.2 Å². The van der Waals surface area contributed by atoms with Gasteiger partial charge in [0.2, 0.25) is 5.76 Å². The summed E-state index contributed by atoms with van der Waals surface area (Å²) in [5.74, 6) is -2.20. The number of nitrogens with one attached hydrogen (secondary N) is 3. The van der Waals surface area contributed by atoms with Crippen molar-refractivity contribution in [3.8, 4) is 11.3 Å². The highest BCUT2D eigenvalue weighted by Gasteiger charge is 2.25. The van der Waals surface area contributed by atoms with Gasteiger partial charge in [0.05, 0.1) is 10.7 Å². The van der Waals surface area contributed by atoms with Crippen molar-refractivity contribution in [2.45, 2.75) is 19.9 Å². The van der Waals surface area contributed by atoms with Crippen molar-refractivity contribution < 1.29 is 24.0 Å². The number of nitrogens with zero attached hydrogens (tertiary/aromatic N) is 1. The number of hydrogen-bond donors (Lipinski definition) is 4. The van der Waals surface area contributed by atoms with Gasteiger partial charge in [-0.05, 0) is 30.2 Å². The summed E-state index contributed by atoms with van der Waals surface area (Å²) < 4.78 is 5.07. The number of anilines is 2. The average molecular weight is 457 g/mol. The highest BCUT2D eigenvalue weighted by atomic mass is 35.5. The molecule has 0 radical (unpaired) electrons. The Bertz CT molecular complexity index is 1130. The largest absolute Gasteiger partial charge is 0.480 e. The second-order valence-corrected chi connectivity index (χ2v) is 7.65. The molecule has 0 aliphatic rings. The van der Waals surface area contributed by atoms with E-state index >= 15 is 0 Å². The minimum absolute atomic E-state index is 0.104. The van der Waals surface area contributed by atoms with E-state index in [1.165, 1.54) is 6.07 Å². The number of amides is 3. The van der Waals surface area contributed by atoms with Gasteiger partial charge in [-0.25, -0.2) is 9.59 Å². The quantitative estimate of drug-likeness (QED) is 0.414. The van der Waals surface area contributed by atoms with E-state index in [2.05, 4.69) is 21.1 Å². The molecule has 0 fully saturated rings. The fourth-order valence-electron chi connectivity index (χ4n) is 2.82. The van der Waals surface area contributed by atoms with Gasteiger partial charge in [0.15, 0.2) is 0 Å². The van der Waals surface area contributed by atoms with Crippen LogP contribution in [0.3, 0.4) is 0 Å². The molecule has 1 aromatic heterocycles. The minimum Gasteiger partial charge on any atom is -0.480 e. The summed E-state index contributed by atoms with van der Waals surface area (Å²) in [5, 5.41) is 21.3. The van der Waals surface area contributed by atoms with Gasteiger partial charge < -0.3 is 25.6 Å². The molecule has 3 amide bonds. The van der Waals surface area contributed by atoms with Gasteiger partial charge in [-0.3, -0.25) is 4.79 Å². The fraction of sp³-hybridized carbons (Fsp3) is 0.182. The first-order valence-electron chi connectivity index (χ1n) is 9.68. The van der Waals surface area contributed by atoms with Crippen LogP contribution < -0.4 is 16.0 Å². The molecule has 0 bridgehead atoms. The number of aliphatic carboxylic acids is 1. The maximum absolute atomic E-state index is 12.3. The van der Waals surface area contributed by atoms with Crippen LogP contribution in [0.1, 0.15) is 24.4 Å². The monoisotopic (exact) mass is 456 g/mol. The summed E-state index contributed by atoms with van der Waals surface area (Å²) in [6.07, 6.45) is 0. The lowest BCUT2D eigenvalue weighted by molar-refractivity contribution is -0.140. The first kappa shape index (κ1) is 22.8. The predicted octanol–water partition coefficient (Wildman–Crippen LogP) is 4.48. The van der Waals surface area contributed by atoms with Gasteiger partial charge in [-0.1, -0.05) is 54.9 Å². The number of halogens is 1. The molecule has 3 rings (SSSR count). The topological polar surface area (TPSA) is 134 Å². The first-order chi connectivity index (χ1) is 15.2. The zero-order valence-electron chi connectivity index (χ0n) is 17.3. The molecular weight excluding hydrogens is 436 g/mol. The molecule has 32 heavy (non-hydrogen) atoms. The number of carbonyl (C=O) groups excluding carboxylic acids is 2. The van der Waals surface area contributed by atoms with Crippen molar-refractivity contribution >= 4 is 40.9 Å². The number of benzene rings is 2. The molecule has 3 aromatic rings. The predicted molar refractivity (Wildman–Crippen MR) is 120 cm³/mol. The smallest absolute Gasteiger partial charge is 0.326 e. The summed E-state index contributed by atoms with van der Waals surface area (Å²) in [4.78, 5) is 35.7. The van der Waals surface area contributed by atoms with E-state index in [-0.39, 0.29) is 11.7 Å². The standard InChI is InChI=1S/C22H21ClN4O5/c1-12(2)19(21(29)30)26-20(28)18-11-17(27-32-18)13-7-9-14(10-8-13)24-22(31)25-16-6-4-3-5-15(16)23/h3-12,19H,1-2H3,(H,26,28)(H,29,30)(H2,24,25,31)/t19-/m1/s1. The van der Waals surface area contributed by atoms with E-state index < -0.39 is 23.9 Å². The van der Waals surface area contributed by atoms with Gasteiger partial charge in [0, 0.05) is 17.3 Å². The molecule has 0 spiro atoms. The number of carboxylic acids is 1. The number of carboxylic acid groups (broad SMARTS) is 1. The number of urea groups is 1. The lowest BCUT2D eigenvalue weighted by Gasteiger charge is -2.16. The average Bonchev–Trinajstić information content (AvgIpc) is 3.24. The Kier molecular flexibility index (Phi) is 7.11. The van der Waals surface area contributed by atoms with E-state index in [4.69, 9.17) is 16.1 Å². The van der Waals surface area contributed by atoms with Gasteiger partial charge >= 0.3 is 12.0 Å². The minimum atomic E-state index is -1.13. The third-order valence-electron chi connectivity index (χ3n) is 4.51. The van der Waals surface area contributed by atoms with Gasteiger partial charge in [0.25, 0.3) is 5.91 Å². The number of carbonyl (C=O) groups is 3. The summed E-state index contributed by atoms with van der Waals surface area (Å²) in [6, 6.07) is 13.5. The number of hydrogen-bond acceptors (Lipinski definition) is 5. The van der Waals surface area contributed by atoms with E-state index in [0.29, 0.717) is 27.7 Å². The van der Waals surface area contributed by atoms with Crippen molar-refractivity contribution in [3.05, 3.63) is 65.4 Å². The maximum atomic E-state index is 12.3. The lowest BCUT2D eigenvalue weighted by atomic mass is 10.0. The Morgan fingerprint density at radius 1 is 1.03 bits per heavy atom. The van der Waals surface area contributed by atoms with Crippen LogP contribution in [0, 0.1) is 5.92 Å². The van der Waals surface area contributed by atoms with Crippen molar-refractivity contribution in [1.82, 2.24) is 10.5 Å². The first-order valence-corrected chi connectivity index (χ1v) is 10.1. The second kappa shape index (κ2) is 9.97. The molecule has 1 atom stereocenters. The zero-order valence-corrected chi connectivity index (χ0v) is 18.0. The molecule has 2 aromatic carbocycles. The second-order valence-electron chi connectivity index (χ2n) is 7.25. The summed E-state index contributed by atoms with van der Waals surface area (Å²) in [7, 11) is 0. The van der Waals surface area contributed by atoms with Gasteiger partial charge in [-0.2, -0.15) is 0 Å². The van der Waals surface area contributed by atoms with Crippen LogP contribution in [0.5, 0.6) is 0 Å². The highest BCUT2D eigenvalue weighted by molar-refractivity contribution is 6.33. The Morgan fingerprint density at radius 2 is 1.72 bits per heavy atom. The van der Waals surface area contributed by atoms with Crippen molar-refractivity contribution in [2.75, 3.05) is 10.6 Å². The van der Waals surface area contributed by atoms with Crippen LogP contribution in [0.15, 0.2) is 59.1 Å². The molecule has 0 aliphatic heterocycles. The third kappa shape index (κ3) is 5.64. The van der Waals surface area contributed by atoms with E-state index in [9.17, 15) is 19.5 Å². The normalized spacial score (nSPS) is 11.6. The molecule has 10 heteroatoms. The van der Waals surface area contributed by atoms with E-state index in [1.54, 1.807) is 62.4 Å². The third-order valence-corrected chi connectivity index (χ3v) is 4.84. The maximum Gasteiger partial charge on any atom is 0.326 e. The van der Waals surface area contributed by atoms with Crippen LogP contribution in [0.2, 0.25) is 5.02 Å². The van der Waals surface area contributed by atoms with Crippen molar-refractivity contribution in [3.63, 3.8) is 0 Å². The molecular formula is C22H21ClN4O5. The number of rotatable bonds is 7. The molecule has 9 nitrogen and oxygen atoms in total. The molecule has 0 aliphatic carbocycles. The summed E-state index contributed by atoms with van der Waals surface area (Å²) in [6.45, 7) is 3.38. The van der Waals surface area contributed by atoms with Crippen molar-refractivity contribution in [1.29, 1.82) is 0 Å². The molecule has 166 valence electrons. The molecule has 0 saturated heterocycles. The fourth-order valence-corrected chi connectivity index (χ4v) is 3.00. The number of para-hydroxylation sites is 1.